The van der Waals surface area contributed by atoms with Crippen LogP contribution in [-0.2, 0) is 0 Å². The highest BCUT2D eigenvalue weighted by Gasteiger charge is 2.17. The molecule has 0 amide bonds. The standard InChI is InChI=1S/C13H28O2/c1-4-5-6-7-8-9-10-12(14)11-13(2,3)15/h12,14-15H,4-11H2,1-3H3. The van der Waals surface area contributed by atoms with Crippen molar-refractivity contribution in [1.29, 1.82) is 0 Å². The van der Waals surface area contributed by atoms with Crippen molar-refractivity contribution < 1.29 is 10.2 Å². The molecule has 0 bridgehead atoms. The molecule has 0 spiro atoms. The van der Waals surface area contributed by atoms with Gasteiger partial charge in [-0.1, -0.05) is 45.4 Å². The molecule has 0 fully saturated rings. The number of rotatable bonds is 9. The van der Waals surface area contributed by atoms with Crippen molar-refractivity contribution in [3.05, 3.63) is 0 Å². The Morgan fingerprint density at radius 3 is 2.07 bits per heavy atom. The van der Waals surface area contributed by atoms with Gasteiger partial charge in [0.2, 0.25) is 0 Å². The summed E-state index contributed by atoms with van der Waals surface area (Å²) in [6.45, 7) is 5.71. The number of aliphatic hydroxyl groups is 2. The van der Waals surface area contributed by atoms with Crippen molar-refractivity contribution >= 4 is 0 Å². The summed E-state index contributed by atoms with van der Waals surface area (Å²) in [5.74, 6) is 0. The van der Waals surface area contributed by atoms with Gasteiger partial charge in [0.05, 0.1) is 11.7 Å². The van der Waals surface area contributed by atoms with Crippen LogP contribution < -0.4 is 0 Å². The maximum Gasteiger partial charge on any atom is 0.0616 e. The van der Waals surface area contributed by atoms with Crippen LogP contribution in [0.1, 0.15) is 72.1 Å². The molecule has 0 aliphatic rings. The molecule has 2 N–H and O–H groups in total. The fourth-order valence-electron chi connectivity index (χ4n) is 1.84. The third kappa shape index (κ3) is 11.8. The number of hydrogen-bond donors (Lipinski definition) is 2. The van der Waals surface area contributed by atoms with Crippen LogP contribution in [0.3, 0.4) is 0 Å². The Morgan fingerprint density at radius 2 is 1.53 bits per heavy atom. The summed E-state index contributed by atoms with van der Waals surface area (Å²) in [5.41, 5.74) is -0.734. The Morgan fingerprint density at radius 1 is 1.00 bits per heavy atom. The molecule has 0 aliphatic carbocycles. The van der Waals surface area contributed by atoms with E-state index in [2.05, 4.69) is 6.92 Å². The molecular formula is C13H28O2. The van der Waals surface area contributed by atoms with E-state index in [0.717, 1.165) is 12.8 Å². The summed E-state index contributed by atoms with van der Waals surface area (Å²) < 4.78 is 0. The summed E-state index contributed by atoms with van der Waals surface area (Å²) in [4.78, 5) is 0. The van der Waals surface area contributed by atoms with Gasteiger partial charge < -0.3 is 10.2 Å². The monoisotopic (exact) mass is 216 g/mol. The second-order valence-electron chi connectivity index (χ2n) is 5.23. The molecule has 0 saturated carbocycles. The fourth-order valence-corrected chi connectivity index (χ4v) is 1.84. The number of aliphatic hydroxyl groups excluding tert-OH is 1. The lowest BCUT2D eigenvalue weighted by Crippen LogP contribution is -2.26. The minimum absolute atomic E-state index is 0.337. The molecule has 0 aromatic rings. The lowest BCUT2D eigenvalue weighted by molar-refractivity contribution is 0.0150. The third-order valence-electron chi connectivity index (χ3n) is 2.63. The molecule has 15 heavy (non-hydrogen) atoms. The van der Waals surface area contributed by atoms with Crippen LogP contribution in [-0.4, -0.2) is 21.9 Å². The Labute approximate surface area is 94.7 Å². The Kier molecular flexibility index (Phi) is 8.07. The van der Waals surface area contributed by atoms with Crippen LogP contribution in [0.25, 0.3) is 0 Å². The van der Waals surface area contributed by atoms with Crippen molar-refractivity contribution in [1.82, 2.24) is 0 Å². The normalized spacial score (nSPS) is 14.2. The molecule has 2 heteroatoms. The summed E-state index contributed by atoms with van der Waals surface area (Å²) in [6.07, 6.45) is 8.48. The van der Waals surface area contributed by atoms with E-state index < -0.39 is 5.60 Å². The van der Waals surface area contributed by atoms with Crippen LogP contribution in [0.2, 0.25) is 0 Å². The van der Waals surface area contributed by atoms with Gasteiger partial charge in [0, 0.05) is 6.42 Å². The van der Waals surface area contributed by atoms with Gasteiger partial charge in [-0.05, 0) is 20.3 Å². The van der Waals surface area contributed by atoms with Crippen molar-refractivity contribution in [2.24, 2.45) is 0 Å². The lowest BCUT2D eigenvalue weighted by atomic mass is 9.97. The van der Waals surface area contributed by atoms with Crippen LogP contribution in [0.5, 0.6) is 0 Å². The van der Waals surface area contributed by atoms with Gasteiger partial charge in [0.25, 0.3) is 0 Å². The molecule has 0 radical (unpaired) electrons. The van der Waals surface area contributed by atoms with Crippen molar-refractivity contribution in [3.63, 3.8) is 0 Å². The summed E-state index contributed by atoms with van der Waals surface area (Å²) in [5, 5.41) is 19.1. The molecule has 0 rings (SSSR count). The second-order valence-corrected chi connectivity index (χ2v) is 5.23. The molecule has 1 unspecified atom stereocenters. The van der Waals surface area contributed by atoms with E-state index in [1.54, 1.807) is 13.8 Å². The van der Waals surface area contributed by atoms with Gasteiger partial charge in [-0.15, -0.1) is 0 Å². The molecule has 0 saturated heterocycles. The maximum absolute atomic E-state index is 9.63. The predicted octanol–water partition coefficient (Wildman–Crippen LogP) is 3.26. The Hall–Kier alpha value is -0.0800. The van der Waals surface area contributed by atoms with E-state index in [4.69, 9.17) is 0 Å². The molecule has 92 valence electrons. The first-order valence-electron chi connectivity index (χ1n) is 6.36. The van der Waals surface area contributed by atoms with Crippen LogP contribution >= 0.6 is 0 Å². The highest BCUT2D eigenvalue weighted by molar-refractivity contribution is 4.70. The van der Waals surface area contributed by atoms with Crippen LogP contribution in [0.4, 0.5) is 0 Å². The van der Waals surface area contributed by atoms with Gasteiger partial charge in [-0.25, -0.2) is 0 Å². The Bertz CT molecular complexity index is 138. The van der Waals surface area contributed by atoms with Crippen LogP contribution in [0, 0.1) is 0 Å². The first kappa shape index (κ1) is 14.9. The smallest absolute Gasteiger partial charge is 0.0616 e. The van der Waals surface area contributed by atoms with E-state index in [1.165, 1.54) is 32.1 Å². The molecule has 0 aromatic heterocycles. The maximum atomic E-state index is 9.63. The number of unbranched alkanes of at least 4 members (excludes halogenated alkanes) is 5. The van der Waals surface area contributed by atoms with Crippen molar-refractivity contribution in [3.8, 4) is 0 Å². The second kappa shape index (κ2) is 8.12. The molecule has 0 heterocycles. The minimum atomic E-state index is -0.734. The average molecular weight is 216 g/mol. The SMILES string of the molecule is CCCCCCCCC(O)CC(C)(C)O. The number of hydrogen-bond acceptors (Lipinski definition) is 2. The van der Waals surface area contributed by atoms with Gasteiger partial charge in [-0.2, -0.15) is 0 Å². The van der Waals surface area contributed by atoms with Gasteiger partial charge in [0.15, 0.2) is 0 Å². The van der Waals surface area contributed by atoms with Crippen molar-refractivity contribution in [2.45, 2.75) is 83.8 Å². The Balaban J connectivity index is 3.28. The lowest BCUT2D eigenvalue weighted by Gasteiger charge is -2.21. The van der Waals surface area contributed by atoms with Crippen molar-refractivity contribution in [2.75, 3.05) is 0 Å². The molecule has 2 nitrogen and oxygen atoms in total. The van der Waals surface area contributed by atoms with E-state index >= 15 is 0 Å². The van der Waals surface area contributed by atoms with Crippen LogP contribution in [0.15, 0.2) is 0 Å². The van der Waals surface area contributed by atoms with E-state index in [-0.39, 0.29) is 6.10 Å². The van der Waals surface area contributed by atoms with E-state index in [9.17, 15) is 10.2 Å². The summed E-state index contributed by atoms with van der Waals surface area (Å²) in [6, 6.07) is 0. The minimum Gasteiger partial charge on any atom is -0.393 e. The third-order valence-corrected chi connectivity index (χ3v) is 2.63. The highest BCUT2D eigenvalue weighted by atomic mass is 16.3. The zero-order valence-electron chi connectivity index (χ0n) is 10.6. The molecule has 0 aromatic carbocycles. The van der Waals surface area contributed by atoms with E-state index in [0.29, 0.717) is 6.42 Å². The first-order chi connectivity index (χ1) is 6.95. The topological polar surface area (TPSA) is 40.5 Å². The van der Waals surface area contributed by atoms with Gasteiger partial charge >= 0.3 is 0 Å². The fraction of sp³-hybridized carbons (Fsp3) is 1.00. The van der Waals surface area contributed by atoms with E-state index in [1.807, 2.05) is 0 Å². The zero-order valence-corrected chi connectivity index (χ0v) is 10.6. The largest absolute Gasteiger partial charge is 0.393 e. The highest BCUT2D eigenvalue weighted by Crippen LogP contribution is 2.16. The summed E-state index contributed by atoms with van der Waals surface area (Å²) in [7, 11) is 0. The molecule has 1 atom stereocenters. The molecular weight excluding hydrogens is 188 g/mol. The van der Waals surface area contributed by atoms with Gasteiger partial charge in [0.1, 0.15) is 0 Å². The first-order valence-corrected chi connectivity index (χ1v) is 6.36. The predicted molar refractivity (Wildman–Crippen MR) is 64.9 cm³/mol. The average Bonchev–Trinajstić information content (AvgIpc) is 2.08. The quantitative estimate of drug-likeness (QED) is 0.581. The van der Waals surface area contributed by atoms with Gasteiger partial charge in [-0.3, -0.25) is 0 Å². The summed E-state index contributed by atoms with van der Waals surface area (Å²) >= 11 is 0. The zero-order chi connectivity index (χ0) is 11.7. The molecule has 0 aliphatic heterocycles.